The molecule has 1 aliphatic rings. The molecule has 0 spiro atoms. The summed E-state index contributed by atoms with van der Waals surface area (Å²) in [5.74, 6) is 0.211. The van der Waals surface area contributed by atoms with Crippen LogP contribution in [-0.4, -0.2) is 38.9 Å². The third-order valence-corrected chi connectivity index (χ3v) is 5.45. The minimum atomic E-state index is -0.395. The Morgan fingerprint density at radius 1 is 0.970 bits per heavy atom. The van der Waals surface area contributed by atoms with Gasteiger partial charge < -0.3 is 0 Å². The van der Waals surface area contributed by atoms with E-state index in [0.717, 1.165) is 11.1 Å². The lowest BCUT2D eigenvalue weighted by atomic mass is 10.1. The maximum atomic E-state index is 14.6. The lowest BCUT2D eigenvalue weighted by Gasteiger charge is -2.09. The fourth-order valence-corrected chi connectivity index (χ4v) is 3.79. The molecule has 0 amide bonds. The van der Waals surface area contributed by atoms with Gasteiger partial charge in [0.2, 0.25) is 0 Å². The van der Waals surface area contributed by atoms with E-state index in [9.17, 15) is 9.18 Å². The van der Waals surface area contributed by atoms with Gasteiger partial charge in [0.1, 0.15) is 22.9 Å². The number of benzene rings is 3. The summed E-state index contributed by atoms with van der Waals surface area (Å²) in [6.45, 7) is 2.15. The molecule has 5 rings (SSSR count). The topological polar surface area (TPSA) is 72.5 Å². The zero-order valence-electron chi connectivity index (χ0n) is 17.9. The van der Waals surface area contributed by atoms with Crippen LogP contribution in [0.2, 0.25) is 0 Å². The fraction of sp³-hybridized carbons (Fsp3) is 0.115. The number of halogens is 1. The Bertz CT molecular complexity index is 1410. The van der Waals surface area contributed by atoms with E-state index < -0.39 is 5.82 Å². The number of hydrogen-bond donors (Lipinski definition) is 0. The second kappa shape index (κ2) is 8.70. The van der Waals surface area contributed by atoms with Crippen molar-refractivity contribution in [3.8, 4) is 16.9 Å². The molecule has 2 heterocycles. The standard InChI is InChI=1S/C26H20FN5O/c1-2-23(33)18-11-8-12-19(15-18)26-28-16-21(29-26)24-25(17-9-4-3-5-10-17)32(31-30-24)22-14-7-6-13-20(22)27/h3-15H,2,16H2,1H3. The van der Waals surface area contributed by atoms with Gasteiger partial charge in [0, 0.05) is 23.1 Å². The van der Waals surface area contributed by atoms with Gasteiger partial charge in [-0.3, -0.25) is 9.79 Å². The molecule has 33 heavy (non-hydrogen) atoms. The summed E-state index contributed by atoms with van der Waals surface area (Å²) in [6.07, 6.45) is 0.435. The van der Waals surface area contributed by atoms with Gasteiger partial charge >= 0.3 is 0 Å². The monoisotopic (exact) mass is 437 g/mol. The summed E-state index contributed by atoms with van der Waals surface area (Å²) in [6, 6.07) is 23.4. The first-order valence-electron chi connectivity index (χ1n) is 10.7. The maximum Gasteiger partial charge on any atom is 0.162 e. The van der Waals surface area contributed by atoms with E-state index in [1.807, 2.05) is 55.5 Å². The highest BCUT2D eigenvalue weighted by Crippen LogP contribution is 2.28. The van der Waals surface area contributed by atoms with Crippen LogP contribution in [0.1, 0.15) is 35.0 Å². The van der Waals surface area contributed by atoms with E-state index in [-0.39, 0.29) is 5.78 Å². The molecule has 0 N–H and O–H groups in total. The number of rotatable bonds is 6. The van der Waals surface area contributed by atoms with Crippen molar-refractivity contribution in [2.75, 3.05) is 6.54 Å². The van der Waals surface area contributed by atoms with Crippen LogP contribution < -0.4 is 0 Å². The number of hydrogen-bond acceptors (Lipinski definition) is 5. The minimum Gasteiger partial charge on any atom is -0.294 e. The average Bonchev–Trinajstić information content (AvgIpc) is 3.52. The molecule has 0 atom stereocenters. The molecule has 0 bridgehead atoms. The molecule has 6 nitrogen and oxygen atoms in total. The molecule has 0 fully saturated rings. The van der Waals surface area contributed by atoms with E-state index >= 15 is 0 Å². The number of aliphatic imine (C=N–C) groups is 2. The highest BCUT2D eigenvalue weighted by Gasteiger charge is 2.25. The van der Waals surface area contributed by atoms with Crippen molar-refractivity contribution in [3.05, 3.63) is 102 Å². The molecule has 1 aliphatic heterocycles. The van der Waals surface area contributed by atoms with Crippen molar-refractivity contribution in [1.82, 2.24) is 15.0 Å². The molecule has 0 saturated carbocycles. The summed E-state index contributed by atoms with van der Waals surface area (Å²) in [5, 5.41) is 8.63. The lowest BCUT2D eigenvalue weighted by molar-refractivity contribution is 0.0988. The van der Waals surface area contributed by atoms with Gasteiger partial charge in [-0.1, -0.05) is 72.8 Å². The molecule has 1 aromatic heterocycles. The van der Waals surface area contributed by atoms with Gasteiger partial charge in [-0.15, -0.1) is 5.10 Å². The summed E-state index contributed by atoms with van der Waals surface area (Å²) in [4.78, 5) is 21.4. The first-order valence-corrected chi connectivity index (χ1v) is 10.7. The molecule has 162 valence electrons. The normalized spacial score (nSPS) is 13.0. The van der Waals surface area contributed by atoms with Crippen LogP contribution in [0.15, 0.2) is 88.8 Å². The Labute approximate surface area is 190 Å². The molecule has 0 radical (unpaired) electrons. The predicted octanol–water partition coefficient (Wildman–Crippen LogP) is 4.92. The number of aromatic nitrogens is 3. The summed E-state index contributed by atoms with van der Waals surface area (Å²) >= 11 is 0. The van der Waals surface area contributed by atoms with Crippen LogP contribution in [0.4, 0.5) is 4.39 Å². The van der Waals surface area contributed by atoms with Crippen LogP contribution in [0.3, 0.4) is 0 Å². The Balaban J connectivity index is 1.59. The number of Topliss-reactive ketones (excluding diaryl/α,β-unsaturated/α-hetero) is 1. The highest BCUT2D eigenvalue weighted by atomic mass is 19.1. The van der Waals surface area contributed by atoms with E-state index in [4.69, 9.17) is 4.99 Å². The zero-order valence-corrected chi connectivity index (χ0v) is 17.9. The van der Waals surface area contributed by atoms with Gasteiger partial charge in [-0.2, -0.15) is 0 Å². The van der Waals surface area contributed by atoms with Crippen LogP contribution in [0.5, 0.6) is 0 Å². The van der Waals surface area contributed by atoms with E-state index in [0.29, 0.717) is 47.2 Å². The number of amidine groups is 1. The van der Waals surface area contributed by atoms with Crippen molar-refractivity contribution in [1.29, 1.82) is 0 Å². The van der Waals surface area contributed by atoms with Gasteiger partial charge in [0.25, 0.3) is 0 Å². The van der Waals surface area contributed by atoms with Crippen molar-refractivity contribution in [2.45, 2.75) is 13.3 Å². The molecule has 3 aromatic carbocycles. The Morgan fingerprint density at radius 2 is 1.73 bits per heavy atom. The van der Waals surface area contributed by atoms with E-state index in [1.165, 1.54) is 10.7 Å². The smallest absolute Gasteiger partial charge is 0.162 e. The van der Waals surface area contributed by atoms with Crippen LogP contribution in [0.25, 0.3) is 16.9 Å². The van der Waals surface area contributed by atoms with E-state index in [2.05, 4.69) is 15.3 Å². The minimum absolute atomic E-state index is 0.0684. The number of ketones is 1. The molecule has 0 aliphatic carbocycles. The predicted molar refractivity (Wildman–Crippen MR) is 126 cm³/mol. The first-order chi connectivity index (χ1) is 16.2. The van der Waals surface area contributed by atoms with E-state index in [1.54, 1.807) is 24.3 Å². The van der Waals surface area contributed by atoms with Crippen LogP contribution in [-0.2, 0) is 0 Å². The highest BCUT2D eigenvalue weighted by molar-refractivity contribution is 6.18. The summed E-state index contributed by atoms with van der Waals surface area (Å²) < 4.78 is 16.1. The molecule has 0 unspecified atom stereocenters. The van der Waals surface area contributed by atoms with Crippen molar-refractivity contribution < 1.29 is 9.18 Å². The summed E-state index contributed by atoms with van der Waals surface area (Å²) in [7, 11) is 0. The van der Waals surface area contributed by atoms with Gasteiger partial charge in [0.15, 0.2) is 11.6 Å². The molecule has 7 heteroatoms. The molecule has 0 saturated heterocycles. The molecule has 4 aromatic rings. The Morgan fingerprint density at radius 3 is 2.52 bits per heavy atom. The lowest BCUT2D eigenvalue weighted by Crippen LogP contribution is -2.07. The Kier molecular flexibility index (Phi) is 5.44. The number of nitrogens with zero attached hydrogens (tertiary/aromatic N) is 5. The quantitative estimate of drug-likeness (QED) is 0.402. The fourth-order valence-electron chi connectivity index (χ4n) is 3.79. The summed E-state index contributed by atoms with van der Waals surface area (Å²) in [5.41, 5.74) is 4.38. The third-order valence-electron chi connectivity index (χ3n) is 5.45. The second-order valence-corrected chi connectivity index (χ2v) is 7.57. The SMILES string of the molecule is CCC(=O)c1cccc(C2=NCC(c3nnn(-c4ccccc4F)c3-c3ccccc3)=N2)c1. The molecular formula is C26H20FN5O. The van der Waals surface area contributed by atoms with Crippen LogP contribution in [0, 0.1) is 5.82 Å². The second-order valence-electron chi connectivity index (χ2n) is 7.57. The first kappa shape index (κ1) is 20.6. The van der Waals surface area contributed by atoms with Crippen LogP contribution >= 0.6 is 0 Å². The third kappa shape index (κ3) is 3.89. The van der Waals surface area contributed by atoms with Crippen molar-refractivity contribution >= 4 is 17.3 Å². The number of carbonyl (C=O) groups is 1. The van der Waals surface area contributed by atoms with Gasteiger partial charge in [-0.25, -0.2) is 14.1 Å². The zero-order chi connectivity index (χ0) is 22.8. The van der Waals surface area contributed by atoms with Crippen molar-refractivity contribution in [2.24, 2.45) is 9.98 Å². The Hall–Kier alpha value is -4.26. The number of carbonyl (C=O) groups excluding carboxylic acids is 1. The van der Waals surface area contributed by atoms with Gasteiger partial charge in [-0.05, 0) is 18.2 Å². The maximum absolute atomic E-state index is 14.6. The average molecular weight is 437 g/mol. The largest absolute Gasteiger partial charge is 0.294 e. The molecular weight excluding hydrogens is 417 g/mol. The number of para-hydroxylation sites is 1. The van der Waals surface area contributed by atoms with Gasteiger partial charge in [0.05, 0.1) is 12.3 Å². The van der Waals surface area contributed by atoms with Crippen molar-refractivity contribution in [3.63, 3.8) is 0 Å².